The summed E-state index contributed by atoms with van der Waals surface area (Å²) >= 11 is 5.98. The Morgan fingerprint density at radius 2 is 2.20 bits per heavy atom. The third kappa shape index (κ3) is 3.31. The summed E-state index contributed by atoms with van der Waals surface area (Å²) in [6.07, 6.45) is 4.25. The first-order valence-electron chi connectivity index (χ1n) is 6.22. The first-order valence-corrected chi connectivity index (χ1v) is 8.45. The smallest absolute Gasteiger partial charge is 0.287 e. The Morgan fingerprint density at radius 1 is 1.50 bits per heavy atom. The average molecular weight is 321 g/mol. The molecule has 1 aromatic rings. The van der Waals surface area contributed by atoms with Gasteiger partial charge in [0.15, 0.2) is 0 Å². The molecule has 112 valence electrons. The van der Waals surface area contributed by atoms with Crippen molar-refractivity contribution in [2.24, 2.45) is 7.05 Å². The molecule has 7 nitrogen and oxygen atoms in total. The van der Waals surface area contributed by atoms with Crippen LogP contribution >= 0.6 is 11.6 Å². The zero-order valence-corrected chi connectivity index (χ0v) is 12.9. The van der Waals surface area contributed by atoms with Crippen LogP contribution in [0.2, 0.25) is 5.02 Å². The lowest BCUT2D eigenvalue weighted by atomic mass is 10.1. The first-order chi connectivity index (χ1) is 9.29. The Balaban J connectivity index is 2.15. The molecule has 2 heterocycles. The lowest BCUT2D eigenvalue weighted by Crippen LogP contribution is -2.44. The Morgan fingerprint density at radius 3 is 2.85 bits per heavy atom. The lowest BCUT2D eigenvalue weighted by molar-refractivity contribution is 0.329. The van der Waals surface area contributed by atoms with E-state index in [2.05, 4.69) is 10.4 Å². The predicted molar refractivity (Wildman–Crippen MR) is 77.5 cm³/mol. The van der Waals surface area contributed by atoms with Gasteiger partial charge in [-0.3, -0.25) is 4.79 Å². The maximum Gasteiger partial charge on any atom is 0.287 e. The van der Waals surface area contributed by atoms with Gasteiger partial charge < -0.3 is 5.32 Å². The highest BCUT2D eigenvalue weighted by Gasteiger charge is 2.26. The maximum absolute atomic E-state index is 11.7. The number of nitrogens with one attached hydrogen (secondary N) is 1. The van der Waals surface area contributed by atoms with Crippen LogP contribution in [0.5, 0.6) is 0 Å². The largest absolute Gasteiger partial charge is 0.378 e. The Bertz CT molecular complexity index is 658. The normalized spacial score (nSPS) is 20.9. The number of aryl methyl sites for hydroxylation is 1. The molecule has 1 saturated heterocycles. The third-order valence-electron chi connectivity index (χ3n) is 3.29. The van der Waals surface area contributed by atoms with Gasteiger partial charge in [-0.25, -0.2) is 17.4 Å². The fourth-order valence-electron chi connectivity index (χ4n) is 2.19. The Kier molecular flexibility index (Phi) is 4.36. The summed E-state index contributed by atoms with van der Waals surface area (Å²) in [7, 11) is -1.68. The minimum atomic E-state index is -3.20. The number of piperidine rings is 1. The molecule has 1 fully saturated rings. The van der Waals surface area contributed by atoms with Gasteiger partial charge >= 0.3 is 0 Å². The van der Waals surface area contributed by atoms with Crippen LogP contribution in [0.3, 0.4) is 0 Å². The van der Waals surface area contributed by atoms with Crippen molar-refractivity contribution >= 4 is 27.3 Å². The molecular weight excluding hydrogens is 304 g/mol. The summed E-state index contributed by atoms with van der Waals surface area (Å²) in [5, 5.41) is 7.07. The molecule has 1 aromatic heterocycles. The highest BCUT2D eigenvalue weighted by Crippen LogP contribution is 2.21. The molecule has 0 bridgehead atoms. The van der Waals surface area contributed by atoms with Crippen LogP contribution in [0, 0.1) is 0 Å². The fourth-order valence-corrected chi connectivity index (χ4v) is 3.33. The zero-order chi connectivity index (χ0) is 14.9. The maximum atomic E-state index is 11.7. The molecule has 20 heavy (non-hydrogen) atoms. The number of hydrogen-bond donors (Lipinski definition) is 1. The van der Waals surface area contributed by atoms with Crippen LogP contribution in [0.4, 0.5) is 5.69 Å². The van der Waals surface area contributed by atoms with Crippen LogP contribution in [-0.2, 0) is 17.1 Å². The minimum Gasteiger partial charge on any atom is -0.378 e. The first kappa shape index (κ1) is 15.3. The van der Waals surface area contributed by atoms with E-state index in [-0.39, 0.29) is 16.6 Å². The summed E-state index contributed by atoms with van der Waals surface area (Å²) in [6.45, 7) is 0.893. The molecule has 9 heteroatoms. The van der Waals surface area contributed by atoms with E-state index in [1.54, 1.807) is 0 Å². The SMILES string of the molecule is Cn1ncc(NC2CCCN(S(C)(=O)=O)C2)c(Cl)c1=O. The molecule has 0 spiro atoms. The third-order valence-corrected chi connectivity index (χ3v) is 4.93. The second-order valence-corrected chi connectivity index (χ2v) is 7.27. The molecule has 0 amide bonds. The van der Waals surface area contributed by atoms with Gasteiger partial charge in [-0.15, -0.1) is 0 Å². The summed E-state index contributed by atoms with van der Waals surface area (Å²) in [5.74, 6) is 0. The number of nitrogens with zero attached hydrogens (tertiary/aromatic N) is 3. The number of aromatic nitrogens is 2. The summed E-state index contributed by atoms with van der Waals surface area (Å²) in [6, 6.07) is -0.0788. The second-order valence-electron chi connectivity index (χ2n) is 4.91. The van der Waals surface area contributed by atoms with Crippen LogP contribution in [-0.4, -0.2) is 47.9 Å². The molecule has 2 rings (SSSR count). The molecular formula is C11H17ClN4O3S. The van der Waals surface area contributed by atoms with Gasteiger partial charge in [-0.1, -0.05) is 11.6 Å². The zero-order valence-electron chi connectivity index (χ0n) is 11.3. The van der Waals surface area contributed by atoms with Gasteiger partial charge in [0.1, 0.15) is 5.02 Å². The monoisotopic (exact) mass is 320 g/mol. The van der Waals surface area contributed by atoms with Gasteiger partial charge in [0.2, 0.25) is 10.0 Å². The van der Waals surface area contributed by atoms with Crippen LogP contribution in [0.1, 0.15) is 12.8 Å². The van der Waals surface area contributed by atoms with E-state index in [0.29, 0.717) is 18.8 Å². The standard InChI is InChI=1S/C11H17ClN4O3S/c1-15-11(17)10(12)9(6-13-15)14-8-4-3-5-16(7-8)20(2,18)19/h6,8,14H,3-5,7H2,1-2H3. The van der Waals surface area contributed by atoms with Crippen molar-refractivity contribution in [2.45, 2.75) is 18.9 Å². The highest BCUT2D eigenvalue weighted by atomic mass is 35.5. The molecule has 1 aliphatic heterocycles. The molecule has 0 aliphatic carbocycles. The van der Waals surface area contributed by atoms with Gasteiger partial charge in [0, 0.05) is 26.2 Å². The van der Waals surface area contributed by atoms with Gasteiger partial charge in [-0.2, -0.15) is 5.10 Å². The van der Waals surface area contributed by atoms with Crippen molar-refractivity contribution in [2.75, 3.05) is 24.7 Å². The molecule has 0 radical (unpaired) electrons. The van der Waals surface area contributed by atoms with Gasteiger partial charge in [-0.05, 0) is 12.8 Å². The average Bonchev–Trinajstić information content (AvgIpc) is 2.39. The van der Waals surface area contributed by atoms with E-state index in [0.717, 1.165) is 17.5 Å². The summed E-state index contributed by atoms with van der Waals surface area (Å²) in [4.78, 5) is 11.7. The molecule has 0 aromatic carbocycles. The van der Waals surface area contributed by atoms with E-state index >= 15 is 0 Å². The number of anilines is 1. The van der Waals surface area contributed by atoms with Gasteiger partial charge in [0.25, 0.3) is 5.56 Å². The van der Waals surface area contributed by atoms with Crippen LogP contribution in [0.15, 0.2) is 11.0 Å². The Labute approximate surface area is 122 Å². The van der Waals surface area contributed by atoms with Crippen molar-refractivity contribution in [1.82, 2.24) is 14.1 Å². The molecule has 1 N–H and O–H groups in total. The topological polar surface area (TPSA) is 84.3 Å². The number of halogens is 1. The van der Waals surface area contributed by atoms with Gasteiger partial charge in [0.05, 0.1) is 18.1 Å². The highest BCUT2D eigenvalue weighted by molar-refractivity contribution is 7.88. The van der Waals surface area contributed by atoms with Crippen molar-refractivity contribution in [3.8, 4) is 0 Å². The van der Waals surface area contributed by atoms with Crippen molar-refractivity contribution in [3.05, 3.63) is 21.6 Å². The molecule has 1 atom stereocenters. The van der Waals surface area contributed by atoms with E-state index in [9.17, 15) is 13.2 Å². The summed E-state index contributed by atoms with van der Waals surface area (Å²) in [5.41, 5.74) is 0.0579. The van der Waals surface area contributed by atoms with Crippen LogP contribution in [0.25, 0.3) is 0 Å². The van der Waals surface area contributed by atoms with Crippen molar-refractivity contribution < 1.29 is 8.42 Å². The molecule has 0 saturated carbocycles. The Hall–Kier alpha value is -1.12. The lowest BCUT2D eigenvalue weighted by Gasteiger charge is -2.32. The van der Waals surface area contributed by atoms with Crippen LogP contribution < -0.4 is 10.9 Å². The quantitative estimate of drug-likeness (QED) is 0.864. The minimum absolute atomic E-state index is 0.0685. The molecule has 1 unspecified atom stereocenters. The van der Waals surface area contributed by atoms with E-state index in [4.69, 9.17) is 11.6 Å². The number of sulfonamides is 1. The number of rotatable bonds is 3. The van der Waals surface area contributed by atoms with Crippen molar-refractivity contribution in [1.29, 1.82) is 0 Å². The predicted octanol–water partition coefficient (Wildman–Crippen LogP) is 0.270. The molecule has 1 aliphatic rings. The number of hydrogen-bond acceptors (Lipinski definition) is 5. The van der Waals surface area contributed by atoms with E-state index in [1.807, 2.05) is 0 Å². The summed E-state index contributed by atoms with van der Waals surface area (Å²) < 4.78 is 25.7. The fraction of sp³-hybridized carbons (Fsp3) is 0.636. The van der Waals surface area contributed by atoms with E-state index < -0.39 is 10.0 Å². The van der Waals surface area contributed by atoms with E-state index in [1.165, 1.54) is 23.8 Å². The second kappa shape index (κ2) is 5.71. The van der Waals surface area contributed by atoms with Crippen molar-refractivity contribution in [3.63, 3.8) is 0 Å².